The lowest BCUT2D eigenvalue weighted by molar-refractivity contribution is -0.384. The summed E-state index contributed by atoms with van der Waals surface area (Å²) in [5, 5.41) is 10.7. The first kappa shape index (κ1) is 14.1. The van der Waals surface area contributed by atoms with Crippen molar-refractivity contribution < 1.29 is 14.5 Å². The minimum Gasteiger partial charge on any atom is -0.278 e. The number of rotatable bonds is 3. The van der Waals surface area contributed by atoms with Gasteiger partial charge in [0.05, 0.1) is 23.3 Å². The highest BCUT2D eigenvalue weighted by atomic mass is 16.6. The summed E-state index contributed by atoms with van der Waals surface area (Å²) in [7, 11) is 0. The maximum absolute atomic E-state index is 12.7. The van der Waals surface area contributed by atoms with Crippen LogP contribution in [0.5, 0.6) is 0 Å². The van der Waals surface area contributed by atoms with Crippen molar-refractivity contribution in [2.24, 2.45) is 23.7 Å². The van der Waals surface area contributed by atoms with E-state index in [-0.39, 0.29) is 47.7 Å². The molecule has 2 fully saturated rings. The Morgan fingerprint density at radius 1 is 1.00 bits per heavy atom. The van der Waals surface area contributed by atoms with E-state index >= 15 is 0 Å². The highest BCUT2D eigenvalue weighted by molar-refractivity contribution is 6.06. The molecule has 1 aromatic rings. The number of carbonyl (C=O) groups excluding carboxylic acids is 2. The van der Waals surface area contributed by atoms with E-state index in [0.29, 0.717) is 0 Å². The van der Waals surface area contributed by atoms with Gasteiger partial charge in [0.25, 0.3) is 5.69 Å². The molecule has 0 aromatic heterocycles. The predicted octanol–water partition coefficient (Wildman–Crippen LogP) is 2.29. The van der Waals surface area contributed by atoms with Crippen LogP contribution >= 0.6 is 0 Å². The molecule has 3 aliphatic carbocycles. The number of allylic oxidation sites excluding steroid dienone is 2. The van der Waals surface area contributed by atoms with Gasteiger partial charge in [-0.05, 0) is 30.2 Å². The van der Waals surface area contributed by atoms with Crippen molar-refractivity contribution in [3.8, 4) is 0 Å². The molecule has 1 saturated carbocycles. The number of hydrogen-bond acceptors (Lipinski definition) is 4. The number of non-ortho nitro benzene ring substituents is 1. The number of carbonyl (C=O) groups is 2. The monoisotopic (exact) mass is 312 g/mol. The molecule has 1 heterocycles. The van der Waals surface area contributed by atoms with Crippen LogP contribution in [-0.2, 0) is 16.1 Å². The summed E-state index contributed by atoms with van der Waals surface area (Å²) in [6, 6.07) is 6.01. The molecule has 4 aliphatic rings. The van der Waals surface area contributed by atoms with Gasteiger partial charge in [-0.25, -0.2) is 0 Å². The van der Waals surface area contributed by atoms with Crippen LogP contribution in [0.1, 0.15) is 18.4 Å². The van der Waals surface area contributed by atoms with Crippen molar-refractivity contribution in [3.63, 3.8) is 0 Å². The first-order valence-electron chi connectivity index (χ1n) is 7.83. The van der Waals surface area contributed by atoms with E-state index in [2.05, 4.69) is 12.2 Å². The van der Waals surface area contributed by atoms with Crippen molar-refractivity contribution >= 4 is 17.5 Å². The smallest absolute Gasteiger partial charge is 0.269 e. The molecule has 1 aliphatic heterocycles. The SMILES string of the molecule is O=C1C2C3C=CC(CC3)C2C(=O)N1Cc1ccc([N+](=O)[O-])cc1. The van der Waals surface area contributed by atoms with E-state index in [9.17, 15) is 19.7 Å². The van der Waals surface area contributed by atoms with Crippen molar-refractivity contribution in [1.82, 2.24) is 4.90 Å². The van der Waals surface area contributed by atoms with E-state index in [4.69, 9.17) is 0 Å². The third kappa shape index (κ3) is 2.09. The van der Waals surface area contributed by atoms with E-state index in [1.54, 1.807) is 12.1 Å². The molecule has 0 radical (unpaired) electrons. The van der Waals surface area contributed by atoms with Crippen LogP contribution in [0, 0.1) is 33.8 Å². The zero-order valence-corrected chi connectivity index (χ0v) is 12.4. The summed E-state index contributed by atoms with van der Waals surface area (Å²) in [6.45, 7) is 0.197. The van der Waals surface area contributed by atoms with Crippen molar-refractivity contribution in [2.45, 2.75) is 19.4 Å². The summed E-state index contributed by atoms with van der Waals surface area (Å²) in [5.41, 5.74) is 0.736. The molecule has 2 amide bonds. The molecule has 6 heteroatoms. The standard InChI is InChI=1S/C17H16N2O4/c20-16-14-11-3-4-12(6-5-11)15(14)17(21)18(16)9-10-1-7-13(8-2-10)19(22)23/h1-4,7-8,11-12,14-15H,5-6,9H2. The van der Waals surface area contributed by atoms with Crippen LogP contribution < -0.4 is 0 Å². The van der Waals surface area contributed by atoms with Gasteiger partial charge in [0, 0.05) is 12.1 Å². The van der Waals surface area contributed by atoms with Gasteiger partial charge in [-0.3, -0.25) is 24.6 Å². The first-order chi connectivity index (χ1) is 11.1. The van der Waals surface area contributed by atoms with Gasteiger partial charge < -0.3 is 0 Å². The second-order valence-corrected chi connectivity index (χ2v) is 6.53. The first-order valence-corrected chi connectivity index (χ1v) is 7.83. The number of imide groups is 1. The second-order valence-electron chi connectivity index (χ2n) is 6.53. The maximum atomic E-state index is 12.7. The molecule has 1 saturated heterocycles. The summed E-state index contributed by atoms with van der Waals surface area (Å²) in [4.78, 5) is 36.9. The van der Waals surface area contributed by atoms with Gasteiger partial charge in [0.1, 0.15) is 0 Å². The maximum Gasteiger partial charge on any atom is 0.269 e. The fraction of sp³-hybridized carbons (Fsp3) is 0.412. The lowest BCUT2D eigenvalue weighted by atomic mass is 9.63. The molecule has 0 spiro atoms. The zero-order chi connectivity index (χ0) is 16.1. The lowest BCUT2D eigenvalue weighted by Gasteiger charge is -2.38. The molecule has 0 N–H and O–H groups in total. The minimum absolute atomic E-state index is 0.00346. The van der Waals surface area contributed by atoms with Crippen LogP contribution in [0.2, 0.25) is 0 Å². The van der Waals surface area contributed by atoms with Crippen molar-refractivity contribution in [3.05, 3.63) is 52.1 Å². The number of benzene rings is 1. The van der Waals surface area contributed by atoms with Crippen LogP contribution in [-0.4, -0.2) is 21.6 Å². The number of likely N-dealkylation sites (tertiary alicyclic amines) is 1. The van der Waals surface area contributed by atoms with Gasteiger partial charge in [0.15, 0.2) is 0 Å². The van der Waals surface area contributed by atoms with Crippen LogP contribution in [0.25, 0.3) is 0 Å². The largest absolute Gasteiger partial charge is 0.278 e. The van der Waals surface area contributed by atoms with E-state index in [0.717, 1.165) is 18.4 Å². The summed E-state index contributed by atoms with van der Waals surface area (Å²) >= 11 is 0. The predicted molar refractivity (Wildman–Crippen MR) is 81.0 cm³/mol. The molecule has 4 unspecified atom stereocenters. The highest BCUT2D eigenvalue weighted by Crippen LogP contribution is 2.49. The number of fused-ring (bicyclic) bond motifs is 1. The number of hydrogen-bond donors (Lipinski definition) is 0. The third-order valence-electron chi connectivity index (χ3n) is 5.34. The molecular formula is C17H16N2O4. The number of nitrogens with zero attached hydrogens (tertiary/aromatic N) is 2. The zero-order valence-electron chi connectivity index (χ0n) is 12.4. The van der Waals surface area contributed by atoms with E-state index in [1.165, 1.54) is 17.0 Å². The topological polar surface area (TPSA) is 80.5 Å². The van der Waals surface area contributed by atoms with Crippen molar-refractivity contribution in [1.29, 1.82) is 0 Å². The van der Waals surface area contributed by atoms with Gasteiger partial charge in [-0.1, -0.05) is 24.3 Å². The molecular weight excluding hydrogens is 296 g/mol. The van der Waals surface area contributed by atoms with Crippen molar-refractivity contribution in [2.75, 3.05) is 0 Å². The number of nitro benzene ring substituents is 1. The van der Waals surface area contributed by atoms with Gasteiger partial charge >= 0.3 is 0 Å². The minimum atomic E-state index is -0.464. The Morgan fingerprint density at radius 3 is 1.96 bits per heavy atom. The Morgan fingerprint density at radius 2 is 1.52 bits per heavy atom. The molecule has 5 rings (SSSR count). The molecule has 2 bridgehead atoms. The highest BCUT2D eigenvalue weighted by Gasteiger charge is 2.56. The molecule has 4 atom stereocenters. The van der Waals surface area contributed by atoms with Crippen LogP contribution in [0.3, 0.4) is 0 Å². The van der Waals surface area contributed by atoms with Gasteiger partial charge in [-0.2, -0.15) is 0 Å². The molecule has 1 aromatic carbocycles. The fourth-order valence-corrected chi connectivity index (χ4v) is 4.20. The summed E-state index contributed by atoms with van der Waals surface area (Å²) in [5.74, 6) is -0.213. The van der Waals surface area contributed by atoms with Gasteiger partial charge in [0.2, 0.25) is 11.8 Å². The Hall–Kier alpha value is -2.50. The molecule has 23 heavy (non-hydrogen) atoms. The van der Waals surface area contributed by atoms with E-state index in [1.807, 2.05) is 0 Å². The van der Waals surface area contributed by atoms with Crippen LogP contribution in [0.4, 0.5) is 5.69 Å². The summed E-state index contributed by atoms with van der Waals surface area (Å²) < 4.78 is 0. The Kier molecular flexibility index (Phi) is 3.07. The Bertz CT molecular complexity index is 693. The Balaban J connectivity index is 1.57. The Labute approximate surface area is 132 Å². The molecule has 6 nitrogen and oxygen atoms in total. The third-order valence-corrected chi connectivity index (χ3v) is 5.34. The average Bonchev–Trinajstić information content (AvgIpc) is 2.83. The van der Waals surface area contributed by atoms with Crippen LogP contribution in [0.15, 0.2) is 36.4 Å². The fourth-order valence-electron chi connectivity index (χ4n) is 4.20. The van der Waals surface area contributed by atoms with Gasteiger partial charge in [-0.15, -0.1) is 0 Å². The average molecular weight is 312 g/mol. The summed E-state index contributed by atoms with van der Waals surface area (Å²) in [6.07, 6.45) is 6.14. The molecule has 118 valence electrons. The van der Waals surface area contributed by atoms with E-state index < -0.39 is 4.92 Å². The number of amides is 2. The lowest BCUT2D eigenvalue weighted by Crippen LogP contribution is -2.38. The normalized spacial score (nSPS) is 31.6. The second kappa shape index (κ2) is 5.01. The quantitative estimate of drug-likeness (QED) is 0.371. The number of nitro groups is 1.